The molecule has 0 aromatic heterocycles. The molecule has 0 saturated carbocycles. The third-order valence-corrected chi connectivity index (χ3v) is 7.06. The molecule has 0 amide bonds. The van der Waals surface area contributed by atoms with Gasteiger partial charge in [0.15, 0.2) is 11.3 Å². The number of carboxylic acids is 1. The first-order valence-electron chi connectivity index (χ1n) is 13.2. The van der Waals surface area contributed by atoms with Gasteiger partial charge in [-0.25, -0.2) is 14.5 Å². The zero-order valence-corrected chi connectivity index (χ0v) is 23.9. The highest BCUT2D eigenvalue weighted by atomic mass is 17.2. The van der Waals surface area contributed by atoms with Gasteiger partial charge in [0.05, 0.1) is 21.0 Å². The predicted octanol–water partition coefficient (Wildman–Crippen LogP) is 6.25. The van der Waals surface area contributed by atoms with Crippen molar-refractivity contribution >= 4 is 23.3 Å². The van der Waals surface area contributed by atoms with Crippen molar-refractivity contribution in [1.82, 2.24) is 0 Å². The van der Waals surface area contributed by atoms with Gasteiger partial charge in [0.1, 0.15) is 19.0 Å². The highest BCUT2D eigenvalue weighted by Gasteiger charge is 2.28. The molecule has 0 aliphatic heterocycles. The number of nitro benzene ring substituents is 2. The summed E-state index contributed by atoms with van der Waals surface area (Å²) in [5.41, 5.74) is -0.384. The minimum Gasteiger partial charge on any atom is -0.477 e. The van der Waals surface area contributed by atoms with Gasteiger partial charge >= 0.3 is 11.9 Å². The highest BCUT2D eigenvalue weighted by molar-refractivity contribution is 6.05. The van der Waals surface area contributed by atoms with Crippen molar-refractivity contribution < 1.29 is 49.2 Å². The molecule has 45 heavy (non-hydrogen) atoms. The Morgan fingerprint density at radius 3 is 1.89 bits per heavy atom. The van der Waals surface area contributed by atoms with Crippen LogP contribution in [-0.2, 0) is 28.4 Å². The fourth-order valence-electron chi connectivity index (χ4n) is 4.60. The first-order valence-corrected chi connectivity index (χ1v) is 13.2. The van der Waals surface area contributed by atoms with E-state index in [9.17, 15) is 34.9 Å². The van der Waals surface area contributed by atoms with Crippen molar-refractivity contribution in [2.24, 2.45) is 0 Å². The average molecular weight is 619 g/mol. The van der Waals surface area contributed by atoms with Gasteiger partial charge in [0.25, 0.3) is 11.4 Å². The van der Waals surface area contributed by atoms with Crippen molar-refractivity contribution in [3.63, 3.8) is 0 Å². The van der Waals surface area contributed by atoms with Crippen LogP contribution < -0.4 is 9.62 Å². The number of carboxylic acid groups (broad SMARTS) is 1. The van der Waals surface area contributed by atoms with E-state index in [1.807, 2.05) is 26.0 Å². The summed E-state index contributed by atoms with van der Waals surface area (Å²) in [6.07, 6.45) is 0. The lowest BCUT2D eigenvalue weighted by Gasteiger charge is -2.26. The molecule has 0 unspecified atom stereocenters. The molecule has 0 spiro atoms. The Morgan fingerprint density at radius 2 is 1.33 bits per heavy atom. The van der Waals surface area contributed by atoms with Gasteiger partial charge in [-0.1, -0.05) is 56.3 Å². The van der Waals surface area contributed by atoms with Gasteiger partial charge in [-0.05, 0) is 47.0 Å². The number of esters is 1. The van der Waals surface area contributed by atoms with Crippen LogP contribution in [0.1, 0.15) is 56.8 Å². The number of carbonyl (C=O) groups is 2. The number of nitrogens with zero attached hydrogens (tertiary/aromatic N) is 2. The largest absolute Gasteiger partial charge is 0.477 e. The Labute approximate surface area is 255 Å². The highest BCUT2D eigenvalue weighted by Crippen LogP contribution is 2.34. The normalized spacial score (nSPS) is 11.1. The standard InChI is InChI=1S/C31H26N2O12/c1-31(2,20-9-13-22(14-10-20)44-30(36)24-6-4-8-27(33(39)40)28(24)29(34)35)21-11-15-23(16-12-21)45-43-17-19-5-3-7-26(32(37)38)25(19)18-42-41/h3-16,41H,17-18H2,1-2H3,(H,34,35). The minimum absolute atomic E-state index is 0.112. The lowest BCUT2D eigenvalue weighted by Crippen LogP contribution is -2.19. The number of ether oxygens (including phenoxy) is 1. The van der Waals surface area contributed by atoms with Crippen LogP contribution in [0.2, 0.25) is 0 Å². The van der Waals surface area contributed by atoms with Crippen LogP contribution in [0.25, 0.3) is 0 Å². The lowest BCUT2D eigenvalue weighted by atomic mass is 9.78. The number of hydrogen-bond acceptors (Lipinski definition) is 11. The average Bonchev–Trinajstić information content (AvgIpc) is 3.01. The van der Waals surface area contributed by atoms with Crippen LogP contribution in [0.5, 0.6) is 11.5 Å². The molecule has 0 atom stereocenters. The number of carbonyl (C=O) groups excluding carboxylic acids is 1. The van der Waals surface area contributed by atoms with Crippen LogP contribution in [0.4, 0.5) is 11.4 Å². The third kappa shape index (κ3) is 7.27. The molecule has 2 N–H and O–H groups in total. The SMILES string of the molecule is CC(C)(c1ccc(OOCc2cccc([N+](=O)[O-])c2COO)cc1)c1ccc(OC(=O)c2cccc([N+](=O)[O-])c2C(=O)O)cc1. The van der Waals surface area contributed by atoms with Gasteiger partial charge in [-0.3, -0.25) is 25.5 Å². The van der Waals surface area contributed by atoms with E-state index in [-0.39, 0.29) is 23.6 Å². The number of hydrogen-bond donors (Lipinski definition) is 2. The molecule has 232 valence electrons. The second-order valence-electron chi connectivity index (χ2n) is 10.1. The Balaban J connectivity index is 1.42. The number of rotatable bonds is 13. The molecule has 4 aromatic rings. The molecule has 0 aliphatic rings. The lowest BCUT2D eigenvalue weighted by molar-refractivity contribution is -0.387. The van der Waals surface area contributed by atoms with Gasteiger partial charge in [-0.15, -0.1) is 0 Å². The molecule has 0 heterocycles. The monoisotopic (exact) mass is 618 g/mol. The second-order valence-corrected chi connectivity index (χ2v) is 10.1. The van der Waals surface area contributed by atoms with Crippen molar-refractivity contribution in [3.8, 4) is 11.5 Å². The summed E-state index contributed by atoms with van der Waals surface area (Å²) in [5.74, 6) is -2.20. The molecule has 4 aromatic carbocycles. The fraction of sp³-hybridized carbons (Fsp3) is 0.161. The molecule has 0 saturated heterocycles. The zero-order valence-electron chi connectivity index (χ0n) is 23.9. The zero-order chi connectivity index (χ0) is 32.7. The number of benzene rings is 4. The summed E-state index contributed by atoms with van der Waals surface area (Å²) in [6.45, 7) is 3.39. The first kappa shape index (κ1) is 32.2. The molecule has 4 rings (SSSR count). The Bertz CT molecular complexity index is 1730. The van der Waals surface area contributed by atoms with E-state index in [2.05, 4.69) is 4.89 Å². The maximum Gasteiger partial charge on any atom is 0.344 e. The summed E-state index contributed by atoms with van der Waals surface area (Å²) in [4.78, 5) is 60.1. The smallest absolute Gasteiger partial charge is 0.344 e. The van der Waals surface area contributed by atoms with Crippen LogP contribution in [0.3, 0.4) is 0 Å². The van der Waals surface area contributed by atoms with E-state index < -0.39 is 50.6 Å². The van der Waals surface area contributed by atoms with Gasteiger partial charge in [0, 0.05) is 17.5 Å². The summed E-state index contributed by atoms with van der Waals surface area (Å²) < 4.78 is 5.32. The Morgan fingerprint density at radius 1 is 0.778 bits per heavy atom. The van der Waals surface area contributed by atoms with Gasteiger partial charge < -0.3 is 14.7 Å². The predicted molar refractivity (Wildman–Crippen MR) is 156 cm³/mol. The first-order chi connectivity index (χ1) is 21.4. The van der Waals surface area contributed by atoms with Crippen molar-refractivity contribution in [3.05, 3.63) is 139 Å². The molecule has 14 heteroatoms. The van der Waals surface area contributed by atoms with E-state index in [1.54, 1.807) is 30.3 Å². The van der Waals surface area contributed by atoms with E-state index in [1.165, 1.54) is 30.3 Å². The number of aromatic carboxylic acids is 1. The van der Waals surface area contributed by atoms with E-state index in [4.69, 9.17) is 19.8 Å². The van der Waals surface area contributed by atoms with E-state index in [0.717, 1.165) is 23.3 Å². The summed E-state index contributed by atoms with van der Waals surface area (Å²) >= 11 is 0. The second kappa shape index (κ2) is 13.7. The molecule has 0 aliphatic carbocycles. The fourth-order valence-corrected chi connectivity index (χ4v) is 4.60. The minimum atomic E-state index is -1.63. The summed E-state index contributed by atoms with van der Waals surface area (Å²) in [7, 11) is 0. The summed E-state index contributed by atoms with van der Waals surface area (Å²) in [5, 5.41) is 40.8. The van der Waals surface area contributed by atoms with Crippen molar-refractivity contribution in [1.29, 1.82) is 0 Å². The maximum absolute atomic E-state index is 12.7. The maximum atomic E-state index is 12.7. The molecule has 0 fully saturated rings. The number of nitro groups is 2. The van der Waals surface area contributed by atoms with Crippen molar-refractivity contribution in [2.45, 2.75) is 32.5 Å². The van der Waals surface area contributed by atoms with Crippen LogP contribution >= 0.6 is 0 Å². The van der Waals surface area contributed by atoms with Crippen LogP contribution in [0.15, 0.2) is 84.9 Å². The third-order valence-electron chi connectivity index (χ3n) is 7.06. The van der Waals surface area contributed by atoms with E-state index in [0.29, 0.717) is 11.3 Å². The summed E-state index contributed by atoms with van der Waals surface area (Å²) in [6, 6.07) is 21.2. The molecular weight excluding hydrogens is 592 g/mol. The van der Waals surface area contributed by atoms with Crippen LogP contribution in [0, 0.1) is 20.2 Å². The Hall–Kier alpha value is -5.70. The van der Waals surface area contributed by atoms with Gasteiger partial charge in [0.2, 0.25) is 0 Å². The molecule has 0 radical (unpaired) electrons. The van der Waals surface area contributed by atoms with E-state index >= 15 is 0 Å². The van der Waals surface area contributed by atoms with Gasteiger partial charge in [-0.2, -0.15) is 4.89 Å². The van der Waals surface area contributed by atoms with Crippen LogP contribution in [-0.4, -0.2) is 32.1 Å². The molecular formula is C31H26N2O12. The quantitative estimate of drug-likeness (QED) is 0.0562. The topological polar surface area (TPSA) is 198 Å². The molecule has 0 bridgehead atoms. The van der Waals surface area contributed by atoms with Crippen molar-refractivity contribution in [2.75, 3.05) is 0 Å². The Kier molecular flexibility index (Phi) is 9.83. The molecule has 14 nitrogen and oxygen atoms in total.